The summed E-state index contributed by atoms with van der Waals surface area (Å²) in [6.07, 6.45) is 5.84. The van der Waals surface area contributed by atoms with Crippen LogP contribution in [0.5, 0.6) is 0 Å². The first-order valence-corrected chi connectivity index (χ1v) is 7.63. The summed E-state index contributed by atoms with van der Waals surface area (Å²) in [7, 11) is 0. The van der Waals surface area contributed by atoms with Crippen LogP contribution < -0.4 is 5.32 Å². The number of anilines is 1. The number of ether oxygens (including phenoxy) is 1. The van der Waals surface area contributed by atoms with Crippen molar-refractivity contribution in [2.24, 2.45) is 0 Å². The molecule has 6 nitrogen and oxygen atoms in total. The molecule has 2 amide bonds. The Morgan fingerprint density at radius 2 is 2.33 bits per heavy atom. The molecule has 1 unspecified atom stereocenters. The van der Waals surface area contributed by atoms with Crippen LogP contribution in [0.25, 0.3) is 0 Å². The minimum Gasteiger partial charge on any atom is -0.376 e. The lowest BCUT2D eigenvalue weighted by Gasteiger charge is -2.24. The zero-order chi connectivity index (χ0) is 15.5. The first-order valence-electron chi connectivity index (χ1n) is 7.63. The van der Waals surface area contributed by atoms with Crippen LogP contribution >= 0.6 is 0 Å². The van der Waals surface area contributed by atoms with E-state index in [1.54, 1.807) is 11.1 Å². The lowest BCUT2D eigenvalue weighted by atomic mass is 10.1. The monoisotopic (exact) mass is 294 g/mol. The van der Waals surface area contributed by atoms with Gasteiger partial charge in [0.25, 0.3) is 0 Å². The van der Waals surface area contributed by atoms with Crippen molar-refractivity contribution in [1.29, 1.82) is 0 Å². The van der Waals surface area contributed by atoms with Gasteiger partial charge in [0.2, 0.25) is 0 Å². The van der Waals surface area contributed by atoms with Crippen LogP contribution in [-0.4, -0.2) is 46.5 Å². The Bertz CT molecular complexity index is 472. The normalized spacial score (nSPS) is 18.8. The third kappa shape index (κ3) is 4.20. The number of nitrogens with zero attached hydrogens (tertiary/aromatic N) is 3. The molecule has 21 heavy (non-hydrogen) atoms. The number of hydrogen-bond acceptors (Lipinski definition) is 3. The van der Waals surface area contributed by atoms with E-state index in [9.17, 15) is 4.79 Å². The van der Waals surface area contributed by atoms with E-state index in [0.717, 1.165) is 25.1 Å². The molecule has 1 atom stereocenters. The second kappa shape index (κ2) is 6.47. The molecule has 1 saturated heterocycles. The van der Waals surface area contributed by atoms with Crippen molar-refractivity contribution in [1.82, 2.24) is 14.7 Å². The molecule has 118 valence electrons. The van der Waals surface area contributed by atoms with Crippen molar-refractivity contribution in [3.8, 4) is 0 Å². The number of likely N-dealkylation sites (N-methyl/N-ethyl adjacent to an activating group) is 1. The van der Waals surface area contributed by atoms with Crippen LogP contribution in [0.15, 0.2) is 12.4 Å². The molecule has 1 aliphatic heterocycles. The molecule has 0 saturated carbocycles. The van der Waals surface area contributed by atoms with Gasteiger partial charge in [-0.25, -0.2) is 4.79 Å². The van der Waals surface area contributed by atoms with Gasteiger partial charge < -0.3 is 15.0 Å². The second-order valence-corrected chi connectivity index (χ2v) is 6.45. The number of carbonyl (C=O) groups is 1. The summed E-state index contributed by atoms with van der Waals surface area (Å²) in [5.41, 5.74) is 0.631. The van der Waals surface area contributed by atoms with Gasteiger partial charge >= 0.3 is 6.03 Å². The molecule has 0 spiro atoms. The molecule has 1 aromatic heterocycles. The second-order valence-electron chi connectivity index (χ2n) is 6.45. The molecular weight excluding hydrogens is 268 g/mol. The highest BCUT2D eigenvalue weighted by Gasteiger charge is 2.22. The van der Waals surface area contributed by atoms with E-state index in [4.69, 9.17) is 4.74 Å². The van der Waals surface area contributed by atoms with Crippen molar-refractivity contribution < 1.29 is 9.53 Å². The van der Waals surface area contributed by atoms with Gasteiger partial charge in [-0.2, -0.15) is 5.10 Å². The number of hydrogen-bond donors (Lipinski definition) is 1. The van der Waals surface area contributed by atoms with Crippen molar-refractivity contribution >= 4 is 11.7 Å². The van der Waals surface area contributed by atoms with Crippen molar-refractivity contribution in [3.05, 3.63) is 12.4 Å². The number of amides is 2. The van der Waals surface area contributed by atoms with Gasteiger partial charge in [-0.1, -0.05) is 0 Å². The van der Waals surface area contributed by atoms with E-state index in [1.807, 2.05) is 17.8 Å². The van der Waals surface area contributed by atoms with Crippen LogP contribution in [0.2, 0.25) is 0 Å². The standard InChI is InChI=1S/C15H26N4O2/c1-5-18(11-13-7-6-8-21-13)14(20)17-12-9-16-19(10-12)15(2,3)4/h9-10,13H,5-8,11H2,1-4H3,(H,17,20). The Morgan fingerprint density at radius 3 is 2.86 bits per heavy atom. The molecule has 2 heterocycles. The zero-order valence-corrected chi connectivity index (χ0v) is 13.4. The van der Waals surface area contributed by atoms with Crippen molar-refractivity contribution in [2.75, 3.05) is 25.0 Å². The first kappa shape index (κ1) is 15.8. The average Bonchev–Trinajstić information content (AvgIpc) is 3.05. The van der Waals surface area contributed by atoms with E-state index in [2.05, 4.69) is 31.2 Å². The van der Waals surface area contributed by atoms with Crippen molar-refractivity contribution in [2.45, 2.75) is 52.2 Å². The fraction of sp³-hybridized carbons (Fsp3) is 0.733. The summed E-state index contributed by atoms with van der Waals surface area (Å²) in [6.45, 7) is 10.3. The fourth-order valence-corrected chi connectivity index (χ4v) is 2.35. The Hall–Kier alpha value is -1.56. The summed E-state index contributed by atoms with van der Waals surface area (Å²) < 4.78 is 7.44. The molecule has 6 heteroatoms. The molecule has 1 aliphatic rings. The molecule has 1 aromatic rings. The Morgan fingerprint density at radius 1 is 1.57 bits per heavy atom. The van der Waals surface area contributed by atoms with Crippen molar-refractivity contribution in [3.63, 3.8) is 0 Å². The van der Waals surface area contributed by atoms with E-state index in [0.29, 0.717) is 13.1 Å². The van der Waals surface area contributed by atoms with Gasteiger partial charge in [0.1, 0.15) is 0 Å². The summed E-state index contributed by atoms with van der Waals surface area (Å²) in [4.78, 5) is 14.1. The summed E-state index contributed by atoms with van der Waals surface area (Å²) in [6, 6.07) is -0.0959. The van der Waals surface area contributed by atoms with E-state index in [-0.39, 0.29) is 17.7 Å². The van der Waals surface area contributed by atoms with Crippen LogP contribution in [0.1, 0.15) is 40.5 Å². The maximum Gasteiger partial charge on any atom is 0.322 e. The highest BCUT2D eigenvalue weighted by Crippen LogP contribution is 2.17. The number of urea groups is 1. The van der Waals surface area contributed by atoms with Crippen LogP contribution in [0.4, 0.5) is 10.5 Å². The molecule has 0 radical (unpaired) electrons. The lowest BCUT2D eigenvalue weighted by Crippen LogP contribution is -2.39. The minimum atomic E-state index is -0.0959. The van der Waals surface area contributed by atoms with E-state index >= 15 is 0 Å². The maximum atomic E-state index is 12.3. The number of aromatic nitrogens is 2. The van der Waals surface area contributed by atoms with Gasteiger partial charge in [0.15, 0.2) is 0 Å². The van der Waals surface area contributed by atoms with Gasteiger partial charge in [-0.15, -0.1) is 0 Å². The zero-order valence-electron chi connectivity index (χ0n) is 13.4. The first-order chi connectivity index (χ1) is 9.90. The molecular formula is C15H26N4O2. The van der Waals surface area contributed by atoms with Crippen LogP contribution in [-0.2, 0) is 10.3 Å². The Balaban J connectivity index is 1.93. The average molecular weight is 294 g/mol. The maximum absolute atomic E-state index is 12.3. The summed E-state index contributed by atoms with van der Waals surface area (Å²) in [5, 5.41) is 7.20. The summed E-state index contributed by atoms with van der Waals surface area (Å²) >= 11 is 0. The lowest BCUT2D eigenvalue weighted by molar-refractivity contribution is 0.0849. The molecule has 0 aliphatic carbocycles. The third-order valence-corrected chi connectivity index (χ3v) is 3.64. The van der Waals surface area contributed by atoms with Gasteiger partial charge in [-0.05, 0) is 40.5 Å². The van der Waals surface area contributed by atoms with Gasteiger partial charge in [-0.3, -0.25) is 4.68 Å². The number of carbonyl (C=O) groups excluding carboxylic acids is 1. The molecule has 2 rings (SSSR count). The SMILES string of the molecule is CCN(CC1CCCO1)C(=O)Nc1cnn(C(C)(C)C)c1. The summed E-state index contributed by atoms with van der Waals surface area (Å²) in [5.74, 6) is 0. The molecule has 1 fully saturated rings. The topological polar surface area (TPSA) is 59.4 Å². The Kier molecular flexibility index (Phi) is 4.88. The smallest absolute Gasteiger partial charge is 0.322 e. The van der Waals surface area contributed by atoms with Crippen LogP contribution in [0, 0.1) is 0 Å². The molecule has 0 bridgehead atoms. The molecule has 1 N–H and O–H groups in total. The molecule has 0 aromatic carbocycles. The highest BCUT2D eigenvalue weighted by molar-refractivity contribution is 5.89. The van der Waals surface area contributed by atoms with E-state index < -0.39 is 0 Å². The largest absolute Gasteiger partial charge is 0.376 e. The highest BCUT2D eigenvalue weighted by atomic mass is 16.5. The quantitative estimate of drug-likeness (QED) is 0.928. The predicted molar refractivity (Wildman–Crippen MR) is 82.5 cm³/mol. The minimum absolute atomic E-state index is 0.0922. The van der Waals surface area contributed by atoms with Crippen LogP contribution in [0.3, 0.4) is 0 Å². The Labute approximate surface area is 126 Å². The van der Waals surface area contributed by atoms with E-state index in [1.165, 1.54) is 0 Å². The third-order valence-electron chi connectivity index (χ3n) is 3.64. The predicted octanol–water partition coefficient (Wildman–Crippen LogP) is 2.67. The fourth-order valence-electron chi connectivity index (χ4n) is 2.35. The number of nitrogens with one attached hydrogen (secondary N) is 1. The number of rotatable bonds is 4. The van der Waals surface area contributed by atoms with Gasteiger partial charge in [0.05, 0.1) is 23.5 Å². The van der Waals surface area contributed by atoms with Gasteiger partial charge in [0, 0.05) is 25.9 Å².